The van der Waals surface area contributed by atoms with Crippen LogP contribution in [0, 0.1) is 5.92 Å². The minimum Gasteiger partial charge on any atom is -0.496 e. The molecule has 4 heteroatoms. The molecule has 20 heavy (non-hydrogen) atoms. The Morgan fingerprint density at radius 3 is 2.75 bits per heavy atom. The van der Waals surface area contributed by atoms with Gasteiger partial charge in [0.15, 0.2) is 5.78 Å². The lowest BCUT2D eigenvalue weighted by Crippen LogP contribution is -2.44. The van der Waals surface area contributed by atoms with Gasteiger partial charge in [-0.05, 0) is 43.4 Å². The van der Waals surface area contributed by atoms with E-state index in [-0.39, 0.29) is 5.78 Å². The number of benzene rings is 1. The lowest BCUT2D eigenvalue weighted by Gasteiger charge is -2.37. The molecule has 0 amide bonds. The van der Waals surface area contributed by atoms with Crippen molar-refractivity contribution < 1.29 is 14.3 Å². The van der Waals surface area contributed by atoms with E-state index in [0.717, 1.165) is 25.7 Å². The summed E-state index contributed by atoms with van der Waals surface area (Å²) in [5.74, 6) is 1.01. The van der Waals surface area contributed by atoms with E-state index >= 15 is 0 Å². The molecule has 0 N–H and O–H groups in total. The molecule has 2 rings (SSSR count). The van der Waals surface area contributed by atoms with Gasteiger partial charge in [0.25, 0.3) is 0 Å². The monoisotopic (exact) mass is 296 g/mol. The van der Waals surface area contributed by atoms with Crippen LogP contribution in [0.2, 0.25) is 5.02 Å². The molecule has 1 aliphatic rings. The zero-order chi connectivity index (χ0) is 14.8. The third kappa shape index (κ3) is 2.84. The van der Waals surface area contributed by atoms with Crippen molar-refractivity contribution in [3.8, 4) is 5.75 Å². The number of Topliss-reactive ketones (excluding diaryl/α,β-unsaturated/α-hetero) is 1. The van der Waals surface area contributed by atoms with Crippen LogP contribution in [0.1, 0.15) is 43.0 Å². The van der Waals surface area contributed by atoms with E-state index in [2.05, 4.69) is 6.92 Å². The first-order valence-electron chi connectivity index (χ1n) is 6.96. The Balaban J connectivity index is 2.40. The zero-order valence-electron chi connectivity index (χ0n) is 12.2. The van der Waals surface area contributed by atoms with Crippen LogP contribution in [0.25, 0.3) is 0 Å². The van der Waals surface area contributed by atoms with Gasteiger partial charge in [0.1, 0.15) is 11.4 Å². The molecule has 1 saturated carbocycles. The highest BCUT2D eigenvalue weighted by atomic mass is 35.5. The summed E-state index contributed by atoms with van der Waals surface area (Å²) < 4.78 is 11.0. The van der Waals surface area contributed by atoms with Crippen LogP contribution in [0.15, 0.2) is 18.2 Å². The molecular formula is C16H21ClO3. The summed E-state index contributed by atoms with van der Waals surface area (Å²) in [6.45, 7) is 2.16. The third-order valence-corrected chi connectivity index (χ3v) is 4.40. The van der Waals surface area contributed by atoms with E-state index in [1.54, 1.807) is 32.4 Å². The number of methoxy groups -OCH3 is 2. The Morgan fingerprint density at radius 1 is 1.40 bits per heavy atom. The summed E-state index contributed by atoms with van der Waals surface area (Å²) in [4.78, 5) is 13.0. The molecule has 0 aromatic heterocycles. The number of carbonyl (C=O) groups is 1. The van der Waals surface area contributed by atoms with Crippen LogP contribution in [0.3, 0.4) is 0 Å². The molecule has 1 fully saturated rings. The first-order chi connectivity index (χ1) is 9.52. The number of carbonyl (C=O) groups excluding carboxylic acids is 1. The Morgan fingerprint density at radius 2 is 2.15 bits per heavy atom. The molecule has 1 aromatic carbocycles. The number of hydrogen-bond acceptors (Lipinski definition) is 3. The van der Waals surface area contributed by atoms with E-state index in [0.29, 0.717) is 22.3 Å². The van der Waals surface area contributed by atoms with E-state index in [1.807, 2.05) is 0 Å². The minimum absolute atomic E-state index is 0.0223. The van der Waals surface area contributed by atoms with Gasteiger partial charge in [0.2, 0.25) is 0 Å². The second-order valence-electron chi connectivity index (χ2n) is 5.57. The topological polar surface area (TPSA) is 35.5 Å². The summed E-state index contributed by atoms with van der Waals surface area (Å²) >= 11 is 6.03. The summed E-state index contributed by atoms with van der Waals surface area (Å²) in [6.07, 6.45) is 3.65. The predicted molar refractivity (Wildman–Crippen MR) is 79.7 cm³/mol. The summed E-state index contributed by atoms with van der Waals surface area (Å²) in [5, 5.41) is 0.532. The number of ether oxygens (including phenoxy) is 2. The summed E-state index contributed by atoms with van der Waals surface area (Å²) in [6, 6.07) is 5.12. The van der Waals surface area contributed by atoms with Gasteiger partial charge in [0.05, 0.1) is 12.7 Å². The van der Waals surface area contributed by atoms with Crippen molar-refractivity contribution in [3.63, 3.8) is 0 Å². The van der Waals surface area contributed by atoms with Crippen LogP contribution in [-0.4, -0.2) is 25.6 Å². The highest BCUT2D eigenvalue weighted by Gasteiger charge is 2.43. The fourth-order valence-electron chi connectivity index (χ4n) is 3.09. The van der Waals surface area contributed by atoms with Gasteiger partial charge in [0, 0.05) is 12.1 Å². The predicted octanol–water partition coefficient (Wildman–Crippen LogP) is 4.13. The van der Waals surface area contributed by atoms with Gasteiger partial charge >= 0.3 is 0 Å². The Kier molecular flexibility index (Phi) is 4.71. The quantitative estimate of drug-likeness (QED) is 0.784. The van der Waals surface area contributed by atoms with E-state index in [9.17, 15) is 4.79 Å². The molecule has 0 aliphatic heterocycles. The molecule has 1 aromatic rings. The molecule has 1 aliphatic carbocycles. The molecule has 0 saturated heterocycles. The van der Waals surface area contributed by atoms with Crippen molar-refractivity contribution >= 4 is 17.4 Å². The molecule has 0 radical (unpaired) electrons. The van der Waals surface area contributed by atoms with Gasteiger partial charge in [-0.15, -0.1) is 0 Å². The van der Waals surface area contributed by atoms with Crippen molar-refractivity contribution in [3.05, 3.63) is 28.8 Å². The Labute approximate surface area is 125 Å². The maximum absolute atomic E-state index is 13.0. The standard InChI is InChI=1S/C16H21ClO3/c1-11-5-4-8-16(10-11,20-3)15(18)13-9-12(17)6-7-14(13)19-2/h6-7,9,11H,4-5,8,10H2,1-3H3. The van der Waals surface area contributed by atoms with Crippen LogP contribution in [0.4, 0.5) is 0 Å². The maximum atomic E-state index is 13.0. The average Bonchev–Trinajstić information content (AvgIpc) is 2.46. The second-order valence-corrected chi connectivity index (χ2v) is 6.01. The van der Waals surface area contributed by atoms with Gasteiger partial charge in [-0.2, -0.15) is 0 Å². The fourth-order valence-corrected chi connectivity index (χ4v) is 3.26. The Bertz CT molecular complexity index is 500. The lowest BCUT2D eigenvalue weighted by molar-refractivity contribution is -0.0304. The van der Waals surface area contributed by atoms with Gasteiger partial charge in [-0.1, -0.05) is 24.9 Å². The van der Waals surface area contributed by atoms with E-state index < -0.39 is 5.60 Å². The summed E-state index contributed by atoms with van der Waals surface area (Å²) in [5.41, 5.74) is -0.230. The SMILES string of the molecule is COc1ccc(Cl)cc1C(=O)C1(OC)CCCC(C)C1. The molecule has 0 spiro atoms. The van der Waals surface area contributed by atoms with Crippen LogP contribution in [-0.2, 0) is 4.74 Å². The zero-order valence-corrected chi connectivity index (χ0v) is 13.0. The molecule has 0 heterocycles. The van der Waals surface area contributed by atoms with Crippen LogP contribution < -0.4 is 4.74 Å². The smallest absolute Gasteiger partial charge is 0.198 e. The molecule has 2 atom stereocenters. The lowest BCUT2D eigenvalue weighted by atomic mass is 9.74. The molecule has 3 nitrogen and oxygen atoms in total. The first kappa shape index (κ1) is 15.3. The highest BCUT2D eigenvalue weighted by molar-refractivity contribution is 6.31. The molecule has 2 unspecified atom stereocenters. The number of hydrogen-bond donors (Lipinski definition) is 0. The highest BCUT2D eigenvalue weighted by Crippen LogP contribution is 2.39. The van der Waals surface area contributed by atoms with Crippen molar-refractivity contribution in [2.45, 2.75) is 38.2 Å². The van der Waals surface area contributed by atoms with E-state index in [1.165, 1.54) is 0 Å². The third-order valence-electron chi connectivity index (χ3n) is 4.17. The molecular weight excluding hydrogens is 276 g/mol. The summed E-state index contributed by atoms with van der Waals surface area (Å²) in [7, 11) is 3.18. The van der Waals surface area contributed by atoms with Crippen molar-refractivity contribution in [2.75, 3.05) is 14.2 Å². The first-order valence-corrected chi connectivity index (χ1v) is 7.33. The second kappa shape index (κ2) is 6.15. The fraction of sp³-hybridized carbons (Fsp3) is 0.562. The Hall–Kier alpha value is -1.06. The average molecular weight is 297 g/mol. The van der Waals surface area contributed by atoms with Crippen molar-refractivity contribution in [1.29, 1.82) is 0 Å². The van der Waals surface area contributed by atoms with Crippen molar-refractivity contribution in [2.24, 2.45) is 5.92 Å². The number of rotatable bonds is 4. The maximum Gasteiger partial charge on any atom is 0.198 e. The largest absolute Gasteiger partial charge is 0.496 e. The normalized spacial score (nSPS) is 26.3. The number of halogens is 1. The van der Waals surface area contributed by atoms with Crippen LogP contribution in [0.5, 0.6) is 5.75 Å². The molecule has 0 bridgehead atoms. The number of ketones is 1. The van der Waals surface area contributed by atoms with Gasteiger partial charge in [-0.25, -0.2) is 0 Å². The minimum atomic E-state index is -0.740. The van der Waals surface area contributed by atoms with Crippen molar-refractivity contribution in [1.82, 2.24) is 0 Å². The van der Waals surface area contributed by atoms with Gasteiger partial charge in [-0.3, -0.25) is 4.79 Å². The van der Waals surface area contributed by atoms with Gasteiger partial charge < -0.3 is 9.47 Å². The van der Waals surface area contributed by atoms with Crippen LogP contribution >= 0.6 is 11.6 Å². The van der Waals surface area contributed by atoms with E-state index in [4.69, 9.17) is 21.1 Å². The molecule has 110 valence electrons.